The zero-order valence-corrected chi connectivity index (χ0v) is 13.6. The predicted octanol–water partition coefficient (Wildman–Crippen LogP) is 2.51. The van der Waals surface area contributed by atoms with Crippen LogP contribution in [0.25, 0.3) is 0 Å². The number of nitrogens with one attached hydrogen (secondary N) is 1. The highest BCUT2D eigenvalue weighted by Gasteiger charge is 2.49. The van der Waals surface area contributed by atoms with Crippen molar-refractivity contribution in [1.82, 2.24) is 15.2 Å². The van der Waals surface area contributed by atoms with Gasteiger partial charge in [-0.2, -0.15) is 13.2 Å². The van der Waals surface area contributed by atoms with Gasteiger partial charge < -0.3 is 19.7 Å². The van der Waals surface area contributed by atoms with E-state index in [2.05, 4.69) is 10.3 Å². The number of carbonyl (C=O) groups excluding carboxylic acids is 1. The third kappa shape index (κ3) is 3.89. The number of nitrogens with zero attached hydrogens (tertiary/aromatic N) is 2. The van der Waals surface area contributed by atoms with Crippen molar-refractivity contribution in [3.8, 4) is 5.75 Å². The number of methoxy groups -OCH3 is 1. The maximum atomic E-state index is 12.9. The molecule has 3 unspecified atom stereocenters. The Morgan fingerprint density at radius 2 is 2.25 bits per heavy atom. The van der Waals surface area contributed by atoms with Crippen molar-refractivity contribution >= 4 is 6.03 Å². The first kappa shape index (κ1) is 18.3. The minimum atomic E-state index is -4.52. The molecule has 9 heteroatoms. The number of carbonyl (C=O) groups is 1. The zero-order chi connectivity index (χ0) is 17.9. The molecule has 1 saturated heterocycles. The molecule has 2 heterocycles. The fourth-order valence-electron chi connectivity index (χ4n) is 2.70. The number of ether oxygens (including phenoxy) is 2. The highest BCUT2D eigenvalue weighted by Crippen LogP contribution is 2.30. The molecule has 0 aliphatic carbocycles. The molecule has 0 spiro atoms. The van der Waals surface area contributed by atoms with E-state index in [4.69, 9.17) is 9.47 Å². The molecule has 134 valence electrons. The average molecular weight is 347 g/mol. The number of alkyl halides is 3. The van der Waals surface area contributed by atoms with Crippen LogP contribution in [0, 0.1) is 0 Å². The Labute approximate surface area is 137 Å². The van der Waals surface area contributed by atoms with Gasteiger partial charge in [-0.3, -0.25) is 4.98 Å². The summed E-state index contributed by atoms with van der Waals surface area (Å²) in [6.07, 6.45) is -3.44. The fourth-order valence-corrected chi connectivity index (χ4v) is 2.70. The molecule has 1 fully saturated rings. The van der Waals surface area contributed by atoms with Crippen LogP contribution in [0.3, 0.4) is 0 Å². The van der Waals surface area contributed by atoms with Gasteiger partial charge in [0.2, 0.25) is 0 Å². The molecule has 2 amide bonds. The van der Waals surface area contributed by atoms with Crippen LogP contribution in [0.2, 0.25) is 0 Å². The van der Waals surface area contributed by atoms with Crippen LogP contribution in [0.5, 0.6) is 5.75 Å². The molecule has 0 aromatic carbocycles. The smallest absolute Gasteiger partial charge is 0.416 e. The van der Waals surface area contributed by atoms with Crippen LogP contribution in [0.15, 0.2) is 18.5 Å². The Morgan fingerprint density at radius 1 is 1.54 bits per heavy atom. The van der Waals surface area contributed by atoms with E-state index < -0.39 is 30.4 Å². The second-order valence-electron chi connectivity index (χ2n) is 5.56. The quantitative estimate of drug-likeness (QED) is 0.913. The van der Waals surface area contributed by atoms with Crippen LogP contribution in [0.1, 0.15) is 25.5 Å². The van der Waals surface area contributed by atoms with Crippen LogP contribution < -0.4 is 10.1 Å². The topological polar surface area (TPSA) is 63.7 Å². The summed E-state index contributed by atoms with van der Waals surface area (Å²) in [5.41, 5.74) is 0.689. The SMILES string of the molecule is COc1cnccc1C(C)NC(=O)N1CCOC(C(F)(F)F)C1C. The molecule has 24 heavy (non-hydrogen) atoms. The number of rotatable bonds is 3. The fraction of sp³-hybridized carbons (Fsp3) is 0.600. The van der Waals surface area contributed by atoms with Crippen LogP contribution in [-0.4, -0.2) is 54.5 Å². The predicted molar refractivity (Wildman–Crippen MR) is 79.7 cm³/mol. The minimum absolute atomic E-state index is 0.0970. The summed E-state index contributed by atoms with van der Waals surface area (Å²) in [6, 6.07) is -0.447. The van der Waals surface area contributed by atoms with Gasteiger partial charge in [0.1, 0.15) is 5.75 Å². The summed E-state index contributed by atoms with van der Waals surface area (Å²) >= 11 is 0. The molecule has 0 bridgehead atoms. The minimum Gasteiger partial charge on any atom is -0.495 e. The van der Waals surface area contributed by atoms with Crippen molar-refractivity contribution in [2.75, 3.05) is 20.3 Å². The number of pyridine rings is 1. The molecule has 1 N–H and O–H groups in total. The summed E-state index contributed by atoms with van der Waals surface area (Å²) in [7, 11) is 1.48. The Bertz CT molecular complexity index is 583. The number of morpholine rings is 1. The van der Waals surface area contributed by atoms with Crippen LogP contribution >= 0.6 is 0 Å². The second-order valence-corrected chi connectivity index (χ2v) is 5.56. The van der Waals surface area contributed by atoms with Crippen molar-refractivity contribution in [3.63, 3.8) is 0 Å². The molecular formula is C15H20F3N3O3. The molecule has 1 aliphatic heterocycles. The van der Waals surface area contributed by atoms with Gasteiger partial charge in [0.05, 0.1) is 32.0 Å². The van der Waals surface area contributed by atoms with Crippen LogP contribution in [-0.2, 0) is 4.74 Å². The Hall–Kier alpha value is -2.03. The highest BCUT2D eigenvalue weighted by atomic mass is 19.4. The van der Waals surface area contributed by atoms with Gasteiger partial charge in [0.15, 0.2) is 6.10 Å². The summed E-state index contributed by atoms with van der Waals surface area (Å²) in [4.78, 5) is 17.5. The maximum absolute atomic E-state index is 12.9. The van der Waals surface area contributed by atoms with Gasteiger partial charge in [-0.15, -0.1) is 0 Å². The number of hydrogen-bond donors (Lipinski definition) is 1. The monoisotopic (exact) mass is 347 g/mol. The van der Waals surface area contributed by atoms with Gasteiger partial charge in [-0.05, 0) is 19.9 Å². The number of urea groups is 1. The first-order valence-corrected chi connectivity index (χ1v) is 7.49. The molecule has 3 atom stereocenters. The lowest BCUT2D eigenvalue weighted by atomic mass is 10.1. The molecule has 1 aromatic heterocycles. The largest absolute Gasteiger partial charge is 0.495 e. The summed E-state index contributed by atoms with van der Waals surface area (Å²) < 4.78 is 48.8. The van der Waals surface area contributed by atoms with Crippen molar-refractivity contribution in [2.24, 2.45) is 0 Å². The first-order valence-electron chi connectivity index (χ1n) is 7.49. The van der Waals surface area contributed by atoms with Gasteiger partial charge in [-0.25, -0.2) is 4.79 Å². The molecule has 0 radical (unpaired) electrons. The molecule has 1 aromatic rings. The zero-order valence-electron chi connectivity index (χ0n) is 13.6. The Morgan fingerprint density at radius 3 is 2.88 bits per heavy atom. The third-order valence-electron chi connectivity index (χ3n) is 3.99. The van der Waals surface area contributed by atoms with E-state index in [-0.39, 0.29) is 13.2 Å². The van der Waals surface area contributed by atoms with Crippen LogP contribution in [0.4, 0.5) is 18.0 Å². The van der Waals surface area contributed by atoms with Crippen molar-refractivity contribution in [3.05, 3.63) is 24.0 Å². The number of hydrogen-bond acceptors (Lipinski definition) is 4. The second kappa shape index (κ2) is 7.25. The first-order chi connectivity index (χ1) is 11.3. The van der Waals surface area contributed by atoms with Crippen molar-refractivity contribution < 1.29 is 27.4 Å². The van der Waals surface area contributed by atoms with Gasteiger partial charge >= 0.3 is 12.2 Å². The number of halogens is 3. The highest BCUT2D eigenvalue weighted by molar-refractivity contribution is 5.75. The molecule has 6 nitrogen and oxygen atoms in total. The van der Waals surface area contributed by atoms with Crippen molar-refractivity contribution in [2.45, 2.75) is 38.2 Å². The molecule has 2 rings (SSSR count). The van der Waals surface area contributed by atoms with E-state index in [0.717, 1.165) is 4.90 Å². The third-order valence-corrected chi connectivity index (χ3v) is 3.99. The van der Waals surface area contributed by atoms with Gasteiger partial charge in [0, 0.05) is 18.3 Å². The maximum Gasteiger partial charge on any atom is 0.416 e. The normalized spacial score (nSPS) is 22.8. The van der Waals surface area contributed by atoms with Gasteiger partial charge in [-0.1, -0.05) is 0 Å². The van der Waals surface area contributed by atoms with E-state index >= 15 is 0 Å². The Kier molecular flexibility index (Phi) is 5.53. The Balaban J connectivity index is 2.08. The van der Waals surface area contributed by atoms with E-state index in [0.29, 0.717) is 11.3 Å². The van der Waals surface area contributed by atoms with Gasteiger partial charge in [0.25, 0.3) is 0 Å². The lowest BCUT2D eigenvalue weighted by molar-refractivity contribution is -0.246. The lowest BCUT2D eigenvalue weighted by Crippen LogP contribution is -2.59. The summed E-state index contributed by atoms with van der Waals surface area (Å²) in [6.45, 7) is 2.99. The standard InChI is InChI=1S/C15H20F3N3O3/c1-9(11-4-5-19-8-12(11)23-3)20-14(22)21-6-7-24-13(10(21)2)15(16,17)18/h4-5,8-10,13H,6-7H2,1-3H3,(H,20,22). The van der Waals surface area contributed by atoms with E-state index in [9.17, 15) is 18.0 Å². The average Bonchev–Trinajstić information content (AvgIpc) is 2.53. The van der Waals surface area contributed by atoms with E-state index in [1.54, 1.807) is 19.2 Å². The van der Waals surface area contributed by atoms with Crippen molar-refractivity contribution in [1.29, 1.82) is 0 Å². The molecule has 1 aliphatic rings. The molecule has 0 saturated carbocycles. The van der Waals surface area contributed by atoms with E-state index in [1.165, 1.54) is 20.2 Å². The summed E-state index contributed by atoms with van der Waals surface area (Å²) in [5.74, 6) is 0.494. The lowest BCUT2D eigenvalue weighted by Gasteiger charge is -2.40. The summed E-state index contributed by atoms with van der Waals surface area (Å²) in [5, 5.41) is 2.70. The number of amides is 2. The number of aromatic nitrogens is 1. The van der Waals surface area contributed by atoms with E-state index in [1.807, 2.05) is 0 Å². The molecular weight excluding hydrogens is 327 g/mol.